The minimum absolute atomic E-state index is 0.0835. The fourth-order valence-electron chi connectivity index (χ4n) is 1.23. The molecule has 0 atom stereocenters. The molecule has 16 heavy (non-hydrogen) atoms. The Hall–Kier alpha value is -0.270. The molecular formula is C11H5BrFIOS. The van der Waals surface area contributed by atoms with Crippen LogP contribution in [0.3, 0.4) is 0 Å². The van der Waals surface area contributed by atoms with Crippen molar-refractivity contribution in [3.05, 3.63) is 53.9 Å². The first kappa shape index (κ1) is 12.2. The number of ketones is 1. The molecule has 0 saturated heterocycles. The number of carbonyl (C=O) groups excluding carboxylic acids is 1. The molecule has 0 saturated carbocycles. The summed E-state index contributed by atoms with van der Waals surface area (Å²) < 4.78 is 14.4. The number of halogens is 3. The van der Waals surface area contributed by atoms with Crippen LogP contribution in [-0.4, -0.2) is 5.78 Å². The van der Waals surface area contributed by atoms with Gasteiger partial charge >= 0.3 is 0 Å². The number of thiophene rings is 1. The van der Waals surface area contributed by atoms with Crippen LogP contribution in [0.4, 0.5) is 4.39 Å². The SMILES string of the molecule is O=C(c1csc(I)c1)c1ccc(F)c(Br)c1. The summed E-state index contributed by atoms with van der Waals surface area (Å²) in [7, 11) is 0. The van der Waals surface area contributed by atoms with Crippen molar-refractivity contribution >= 4 is 55.6 Å². The van der Waals surface area contributed by atoms with E-state index in [1.165, 1.54) is 29.5 Å². The van der Waals surface area contributed by atoms with Crippen molar-refractivity contribution < 1.29 is 9.18 Å². The highest BCUT2D eigenvalue weighted by Gasteiger charge is 2.12. The maximum Gasteiger partial charge on any atom is 0.193 e. The van der Waals surface area contributed by atoms with Crippen LogP contribution in [-0.2, 0) is 0 Å². The topological polar surface area (TPSA) is 17.1 Å². The van der Waals surface area contributed by atoms with Crippen molar-refractivity contribution in [2.75, 3.05) is 0 Å². The Morgan fingerprint density at radius 2 is 2.06 bits per heavy atom. The van der Waals surface area contributed by atoms with Crippen LogP contribution in [0.25, 0.3) is 0 Å². The third-order valence-electron chi connectivity index (χ3n) is 2.01. The largest absolute Gasteiger partial charge is 0.289 e. The van der Waals surface area contributed by atoms with E-state index in [1.807, 2.05) is 6.07 Å². The number of carbonyl (C=O) groups is 1. The van der Waals surface area contributed by atoms with Crippen molar-refractivity contribution in [3.63, 3.8) is 0 Å². The van der Waals surface area contributed by atoms with Gasteiger partial charge in [-0.2, -0.15) is 0 Å². The van der Waals surface area contributed by atoms with Crippen molar-refractivity contribution in [2.24, 2.45) is 0 Å². The van der Waals surface area contributed by atoms with Gasteiger partial charge in [0, 0.05) is 16.5 Å². The van der Waals surface area contributed by atoms with Gasteiger partial charge in [0.05, 0.1) is 7.36 Å². The first-order valence-electron chi connectivity index (χ1n) is 4.31. The van der Waals surface area contributed by atoms with Crippen LogP contribution in [0.15, 0.2) is 34.1 Å². The Morgan fingerprint density at radius 3 is 2.62 bits per heavy atom. The lowest BCUT2D eigenvalue weighted by Gasteiger charge is -2.00. The summed E-state index contributed by atoms with van der Waals surface area (Å²) in [5.74, 6) is -0.448. The molecule has 5 heteroatoms. The predicted octanol–water partition coefficient (Wildman–Crippen LogP) is 4.49. The first-order valence-corrected chi connectivity index (χ1v) is 7.07. The molecule has 1 aromatic heterocycles. The average Bonchev–Trinajstić information content (AvgIpc) is 2.68. The molecule has 0 N–H and O–H groups in total. The fourth-order valence-corrected chi connectivity index (χ4v) is 2.94. The van der Waals surface area contributed by atoms with Crippen molar-refractivity contribution in [3.8, 4) is 0 Å². The van der Waals surface area contributed by atoms with Gasteiger partial charge in [-0.05, 0) is 62.8 Å². The first-order chi connectivity index (χ1) is 7.58. The molecule has 1 heterocycles. The lowest BCUT2D eigenvalue weighted by atomic mass is 10.1. The lowest BCUT2D eigenvalue weighted by Crippen LogP contribution is -1.99. The standard InChI is InChI=1S/C11H5BrFIOS/c12-8-3-6(1-2-9(8)13)11(15)7-4-10(14)16-5-7/h1-5H. The van der Waals surface area contributed by atoms with Gasteiger partial charge in [-0.1, -0.05) is 0 Å². The highest BCUT2D eigenvalue weighted by atomic mass is 127. The van der Waals surface area contributed by atoms with Crippen molar-refractivity contribution in [2.45, 2.75) is 0 Å². The van der Waals surface area contributed by atoms with Gasteiger partial charge < -0.3 is 0 Å². The Bertz CT molecular complexity index is 553. The zero-order valence-electron chi connectivity index (χ0n) is 7.84. The van der Waals surface area contributed by atoms with Gasteiger partial charge in [-0.3, -0.25) is 4.79 Å². The van der Waals surface area contributed by atoms with Crippen LogP contribution in [0.2, 0.25) is 0 Å². The summed E-state index contributed by atoms with van der Waals surface area (Å²) in [6.45, 7) is 0. The summed E-state index contributed by atoms with van der Waals surface area (Å²) in [5.41, 5.74) is 1.13. The van der Waals surface area contributed by atoms with E-state index in [1.54, 1.807) is 5.38 Å². The summed E-state index contributed by atoms with van der Waals surface area (Å²) in [5, 5.41) is 1.81. The van der Waals surface area contributed by atoms with E-state index >= 15 is 0 Å². The maximum atomic E-state index is 13.0. The third-order valence-corrected chi connectivity index (χ3v) is 4.41. The van der Waals surface area contributed by atoms with Crippen LogP contribution in [0, 0.1) is 8.70 Å². The zero-order chi connectivity index (χ0) is 11.7. The Kier molecular flexibility index (Phi) is 3.76. The highest BCUT2D eigenvalue weighted by Crippen LogP contribution is 2.22. The molecule has 0 aliphatic rings. The van der Waals surface area contributed by atoms with E-state index in [-0.39, 0.29) is 11.6 Å². The minimum atomic E-state index is -0.364. The van der Waals surface area contributed by atoms with Gasteiger partial charge in [0.2, 0.25) is 0 Å². The summed E-state index contributed by atoms with van der Waals surface area (Å²) in [4.78, 5) is 12.0. The molecule has 0 spiro atoms. The van der Waals surface area contributed by atoms with Crippen LogP contribution < -0.4 is 0 Å². The van der Waals surface area contributed by atoms with Gasteiger partial charge in [-0.15, -0.1) is 11.3 Å². The molecule has 0 fully saturated rings. The molecule has 0 bridgehead atoms. The molecular weight excluding hydrogens is 406 g/mol. The van der Waals surface area contributed by atoms with Gasteiger partial charge in [0.1, 0.15) is 5.82 Å². The zero-order valence-corrected chi connectivity index (χ0v) is 12.4. The quantitative estimate of drug-likeness (QED) is 0.526. The Morgan fingerprint density at radius 1 is 1.31 bits per heavy atom. The van der Waals surface area contributed by atoms with Crippen molar-refractivity contribution in [1.82, 2.24) is 0 Å². The highest BCUT2D eigenvalue weighted by molar-refractivity contribution is 14.1. The normalized spacial score (nSPS) is 10.4. The monoisotopic (exact) mass is 410 g/mol. The molecule has 0 unspecified atom stereocenters. The average molecular weight is 411 g/mol. The Balaban J connectivity index is 2.38. The van der Waals surface area contributed by atoms with Gasteiger partial charge in [0.15, 0.2) is 5.78 Å². The predicted molar refractivity (Wildman–Crippen MR) is 74.6 cm³/mol. The summed E-state index contributed by atoms with van der Waals surface area (Å²) >= 11 is 6.74. The molecule has 0 aliphatic carbocycles. The molecule has 1 nitrogen and oxygen atoms in total. The molecule has 0 amide bonds. The van der Waals surface area contributed by atoms with Gasteiger partial charge in [-0.25, -0.2) is 4.39 Å². The van der Waals surface area contributed by atoms with E-state index in [2.05, 4.69) is 38.5 Å². The summed E-state index contributed by atoms with van der Waals surface area (Å²) in [6, 6.07) is 6.11. The Labute approximate surface area is 118 Å². The number of hydrogen-bond acceptors (Lipinski definition) is 2. The number of benzene rings is 1. The number of hydrogen-bond donors (Lipinski definition) is 0. The second-order valence-corrected chi connectivity index (χ2v) is 6.76. The molecule has 2 rings (SSSR count). The smallest absolute Gasteiger partial charge is 0.193 e. The van der Waals surface area contributed by atoms with E-state index < -0.39 is 0 Å². The second kappa shape index (κ2) is 4.93. The molecule has 2 aromatic rings. The second-order valence-electron chi connectivity index (χ2n) is 3.10. The third kappa shape index (κ3) is 2.52. The van der Waals surface area contributed by atoms with E-state index in [4.69, 9.17) is 0 Å². The van der Waals surface area contributed by atoms with E-state index in [0.717, 1.165) is 2.88 Å². The van der Waals surface area contributed by atoms with Gasteiger partial charge in [0.25, 0.3) is 0 Å². The van der Waals surface area contributed by atoms with Crippen LogP contribution >= 0.6 is 49.9 Å². The fraction of sp³-hybridized carbons (Fsp3) is 0. The minimum Gasteiger partial charge on any atom is -0.289 e. The maximum absolute atomic E-state index is 13.0. The lowest BCUT2D eigenvalue weighted by molar-refractivity contribution is 0.103. The van der Waals surface area contributed by atoms with Crippen LogP contribution in [0.5, 0.6) is 0 Å². The molecule has 1 aromatic carbocycles. The molecule has 82 valence electrons. The summed E-state index contributed by atoms with van der Waals surface area (Å²) in [6.07, 6.45) is 0. The number of rotatable bonds is 2. The van der Waals surface area contributed by atoms with Crippen LogP contribution in [0.1, 0.15) is 15.9 Å². The van der Waals surface area contributed by atoms with E-state index in [9.17, 15) is 9.18 Å². The van der Waals surface area contributed by atoms with Crippen molar-refractivity contribution in [1.29, 1.82) is 0 Å². The van der Waals surface area contributed by atoms with E-state index in [0.29, 0.717) is 15.6 Å². The molecule has 0 radical (unpaired) electrons. The molecule has 0 aliphatic heterocycles.